The molecule has 0 aliphatic heterocycles. The molecule has 1 aromatic carbocycles. The highest BCUT2D eigenvalue weighted by Crippen LogP contribution is 2.14. The first kappa shape index (κ1) is 12.9. The van der Waals surface area contributed by atoms with Gasteiger partial charge in [0.2, 0.25) is 0 Å². The first-order chi connectivity index (χ1) is 9.26. The topological polar surface area (TPSA) is 55.0 Å². The van der Waals surface area contributed by atoms with E-state index in [1.54, 1.807) is 12.1 Å². The highest BCUT2D eigenvalue weighted by atomic mass is 16.5. The SMILES string of the molecule is COC(=O)c1cccn1Cc1ccccc1CC#N. The lowest BCUT2D eigenvalue weighted by Crippen LogP contribution is -2.11. The summed E-state index contributed by atoms with van der Waals surface area (Å²) < 4.78 is 6.56. The molecule has 0 saturated carbocycles. The number of aromatic nitrogens is 1. The summed E-state index contributed by atoms with van der Waals surface area (Å²) in [6.45, 7) is 0.551. The average Bonchev–Trinajstić information content (AvgIpc) is 2.88. The van der Waals surface area contributed by atoms with E-state index in [2.05, 4.69) is 6.07 Å². The van der Waals surface area contributed by atoms with Crippen LogP contribution in [0.5, 0.6) is 0 Å². The lowest BCUT2D eigenvalue weighted by Gasteiger charge is -2.10. The highest BCUT2D eigenvalue weighted by molar-refractivity contribution is 5.87. The van der Waals surface area contributed by atoms with Crippen molar-refractivity contribution in [3.05, 3.63) is 59.4 Å². The molecule has 1 aromatic heterocycles. The molecule has 0 amide bonds. The average molecular weight is 254 g/mol. The largest absolute Gasteiger partial charge is 0.464 e. The molecule has 0 fully saturated rings. The van der Waals surface area contributed by atoms with E-state index in [9.17, 15) is 4.79 Å². The van der Waals surface area contributed by atoms with E-state index in [0.717, 1.165) is 11.1 Å². The minimum absolute atomic E-state index is 0.359. The minimum atomic E-state index is -0.359. The third-order valence-electron chi connectivity index (χ3n) is 2.95. The van der Waals surface area contributed by atoms with Gasteiger partial charge in [0.15, 0.2) is 0 Å². The third kappa shape index (κ3) is 2.83. The van der Waals surface area contributed by atoms with Crippen LogP contribution >= 0.6 is 0 Å². The molecule has 0 radical (unpaired) electrons. The molecular formula is C15H14N2O2. The van der Waals surface area contributed by atoms with E-state index < -0.39 is 0 Å². The van der Waals surface area contributed by atoms with Gasteiger partial charge in [0.1, 0.15) is 5.69 Å². The summed E-state index contributed by atoms with van der Waals surface area (Å²) in [5.41, 5.74) is 2.52. The van der Waals surface area contributed by atoms with Crippen molar-refractivity contribution >= 4 is 5.97 Å². The van der Waals surface area contributed by atoms with Gasteiger partial charge < -0.3 is 9.30 Å². The summed E-state index contributed by atoms with van der Waals surface area (Å²) in [5.74, 6) is -0.359. The van der Waals surface area contributed by atoms with Crippen molar-refractivity contribution in [1.82, 2.24) is 4.57 Å². The number of nitriles is 1. The summed E-state index contributed by atoms with van der Waals surface area (Å²) in [4.78, 5) is 11.6. The van der Waals surface area contributed by atoms with E-state index in [4.69, 9.17) is 10.00 Å². The highest BCUT2D eigenvalue weighted by Gasteiger charge is 2.11. The van der Waals surface area contributed by atoms with Gasteiger partial charge in [0.05, 0.1) is 19.6 Å². The monoisotopic (exact) mass is 254 g/mol. The number of benzene rings is 1. The fourth-order valence-electron chi connectivity index (χ4n) is 1.99. The number of esters is 1. The van der Waals surface area contributed by atoms with Crippen molar-refractivity contribution in [3.63, 3.8) is 0 Å². The van der Waals surface area contributed by atoms with Gasteiger partial charge in [0.25, 0.3) is 0 Å². The fraction of sp³-hybridized carbons (Fsp3) is 0.200. The normalized spacial score (nSPS) is 9.89. The van der Waals surface area contributed by atoms with Gasteiger partial charge in [-0.05, 0) is 23.3 Å². The van der Waals surface area contributed by atoms with Crippen LogP contribution in [0.2, 0.25) is 0 Å². The van der Waals surface area contributed by atoms with Crippen molar-refractivity contribution < 1.29 is 9.53 Å². The molecule has 0 atom stereocenters. The predicted molar refractivity (Wildman–Crippen MR) is 70.6 cm³/mol. The molecule has 19 heavy (non-hydrogen) atoms. The molecule has 0 saturated heterocycles. The molecule has 96 valence electrons. The van der Waals surface area contributed by atoms with E-state index in [0.29, 0.717) is 18.7 Å². The Morgan fingerprint density at radius 2 is 2.00 bits per heavy atom. The second-order valence-electron chi connectivity index (χ2n) is 4.12. The Kier molecular flexibility index (Phi) is 3.99. The van der Waals surface area contributed by atoms with Gasteiger partial charge in [-0.25, -0.2) is 4.79 Å². The van der Waals surface area contributed by atoms with Crippen molar-refractivity contribution in [1.29, 1.82) is 5.26 Å². The van der Waals surface area contributed by atoms with E-state index in [-0.39, 0.29) is 5.97 Å². The van der Waals surface area contributed by atoms with Crippen LogP contribution in [0.4, 0.5) is 0 Å². The van der Waals surface area contributed by atoms with Crippen LogP contribution in [-0.2, 0) is 17.7 Å². The predicted octanol–water partition coefficient (Wildman–Crippen LogP) is 2.39. The Hall–Kier alpha value is -2.54. The number of carbonyl (C=O) groups is 1. The van der Waals surface area contributed by atoms with Crippen LogP contribution < -0.4 is 0 Å². The summed E-state index contributed by atoms with van der Waals surface area (Å²) in [7, 11) is 1.36. The molecule has 0 spiro atoms. The molecule has 0 aliphatic rings. The van der Waals surface area contributed by atoms with Crippen molar-refractivity contribution in [3.8, 4) is 6.07 Å². The first-order valence-electron chi connectivity index (χ1n) is 5.93. The molecule has 0 unspecified atom stereocenters. The van der Waals surface area contributed by atoms with E-state index in [1.807, 2.05) is 35.0 Å². The molecule has 0 N–H and O–H groups in total. The maximum atomic E-state index is 11.6. The second kappa shape index (κ2) is 5.87. The summed E-state index contributed by atoms with van der Waals surface area (Å²) in [5, 5.41) is 8.82. The summed E-state index contributed by atoms with van der Waals surface area (Å²) in [6.07, 6.45) is 2.19. The molecule has 2 aromatic rings. The standard InChI is InChI=1S/C15H14N2O2/c1-19-15(18)14-7-4-10-17(14)11-13-6-3-2-5-12(13)8-9-16/h2-7,10H,8,11H2,1H3. The lowest BCUT2D eigenvalue weighted by molar-refractivity contribution is 0.0589. The van der Waals surface area contributed by atoms with Crippen LogP contribution in [0.15, 0.2) is 42.6 Å². The van der Waals surface area contributed by atoms with Gasteiger partial charge in [-0.15, -0.1) is 0 Å². The van der Waals surface area contributed by atoms with Crippen LogP contribution in [0.3, 0.4) is 0 Å². The van der Waals surface area contributed by atoms with Crippen molar-refractivity contribution in [2.24, 2.45) is 0 Å². The third-order valence-corrected chi connectivity index (χ3v) is 2.95. The zero-order chi connectivity index (χ0) is 13.7. The van der Waals surface area contributed by atoms with Gasteiger partial charge in [-0.3, -0.25) is 0 Å². The van der Waals surface area contributed by atoms with Gasteiger partial charge in [-0.2, -0.15) is 5.26 Å². The Bertz CT molecular complexity index is 623. The maximum Gasteiger partial charge on any atom is 0.354 e. The Morgan fingerprint density at radius 1 is 1.26 bits per heavy atom. The Balaban J connectivity index is 2.30. The summed E-state index contributed by atoms with van der Waals surface area (Å²) >= 11 is 0. The fourth-order valence-corrected chi connectivity index (χ4v) is 1.99. The van der Waals surface area contributed by atoms with E-state index >= 15 is 0 Å². The minimum Gasteiger partial charge on any atom is -0.464 e. The Morgan fingerprint density at radius 3 is 2.68 bits per heavy atom. The number of nitrogens with zero attached hydrogens (tertiary/aromatic N) is 2. The van der Waals surface area contributed by atoms with Crippen LogP contribution in [0.25, 0.3) is 0 Å². The number of hydrogen-bond acceptors (Lipinski definition) is 3. The number of rotatable bonds is 4. The Labute approximate surface area is 111 Å². The van der Waals surface area contributed by atoms with Gasteiger partial charge in [-0.1, -0.05) is 24.3 Å². The molecule has 0 aliphatic carbocycles. The smallest absolute Gasteiger partial charge is 0.354 e. The quantitative estimate of drug-likeness (QED) is 0.787. The molecule has 0 bridgehead atoms. The van der Waals surface area contributed by atoms with Crippen LogP contribution in [0.1, 0.15) is 21.6 Å². The van der Waals surface area contributed by atoms with Gasteiger partial charge >= 0.3 is 5.97 Å². The number of ether oxygens (including phenoxy) is 1. The van der Waals surface area contributed by atoms with Crippen LogP contribution in [0, 0.1) is 11.3 Å². The van der Waals surface area contributed by atoms with Crippen molar-refractivity contribution in [2.75, 3.05) is 7.11 Å². The van der Waals surface area contributed by atoms with Crippen LogP contribution in [-0.4, -0.2) is 17.6 Å². The van der Waals surface area contributed by atoms with Gasteiger partial charge in [0, 0.05) is 12.7 Å². The summed E-state index contributed by atoms with van der Waals surface area (Å²) in [6, 6.07) is 13.4. The molecule has 4 heteroatoms. The zero-order valence-corrected chi connectivity index (χ0v) is 10.7. The molecule has 1 heterocycles. The molecular weight excluding hydrogens is 240 g/mol. The van der Waals surface area contributed by atoms with Crippen molar-refractivity contribution in [2.45, 2.75) is 13.0 Å². The molecule has 2 rings (SSSR count). The zero-order valence-electron chi connectivity index (χ0n) is 10.7. The lowest BCUT2D eigenvalue weighted by atomic mass is 10.1. The molecule has 4 nitrogen and oxygen atoms in total. The maximum absolute atomic E-state index is 11.6. The second-order valence-corrected chi connectivity index (χ2v) is 4.12. The number of carbonyl (C=O) groups excluding carboxylic acids is 1. The number of methoxy groups -OCH3 is 1. The first-order valence-corrected chi connectivity index (χ1v) is 5.93. The van der Waals surface area contributed by atoms with E-state index in [1.165, 1.54) is 7.11 Å². The number of hydrogen-bond donors (Lipinski definition) is 0.